The van der Waals surface area contributed by atoms with Crippen molar-refractivity contribution in [3.63, 3.8) is 0 Å². The van der Waals surface area contributed by atoms with Crippen LogP contribution in [0, 0.1) is 11.6 Å². The number of amides is 1. The zero-order valence-electron chi connectivity index (χ0n) is 22.8. The molecule has 0 aliphatic heterocycles. The highest BCUT2D eigenvalue weighted by atomic mass is 19.1. The molecule has 0 aromatic heterocycles. The predicted molar refractivity (Wildman–Crippen MR) is 151 cm³/mol. The van der Waals surface area contributed by atoms with Gasteiger partial charge in [0.05, 0.1) is 15.0 Å². The van der Waals surface area contributed by atoms with Crippen molar-refractivity contribution in [3.05, 3.63) is 125 Å². The van der Waals surface area contributed by atoms with Crippen LogP contribution in [0.1, 0.15) is 22.9 Å². The lowest BCUT2D eigenvalue weighted by atomic mass is 10.0. The van der Waals surface area contributed by atoms with E-state index in [1.165, 1.54) is 37.5 Å². The fraction of sp³-hybridized carbons (Fsp3) is 0.125. The van der Waals surface area contributed by atoms with Gasteiger partial charge in [0.15, 0.2) is 0 Å². The van der Waals surface area contributed by atoms with Crippen LogP contribution in [0.25, 0.3) is 17.2 Å². The van der Waals surface area contributed by atoms with Crippen LogP contribution >= 0.6 is 0 Å². The minimum atomic E-state index is -1.54. The first-order valence-corrected chi connectivity index (χ1v) is 12.1. The van der Waals surface area contributed by atoms with Crippen molar-refractivity contribution in [2.75, 3.05) is 31.0 Å². The molecule has 0 aliphatic rings. The summed E-state index contributed by atoms with van der Waals surface area (Å²) in [5, 5.41) is 0. The molecule has 198 valence electrons. The van der Waals surface area contributed by atoms with Gasteiger partial charge in [-0.25, -0.2) is 13.6 Å². The molecular formula is C32H28F2N2O3. The van der Waals surface area contributed by atoms with Crippen molar-refractivity contribution < 1.29 is 24.5 Å². The first-order chi connectivity index (χ1) is 19.2. The Morgan fingerprint density at radius 1 is 0.872 bits per heavy atom. The molecule has 4 rings (SSSR count). The van der Waals surface area contributed by atoms with E-state index in [0.717, 1.165) is 28.3 Å². The van der Waals surface area contributed by atoms with Crippen LogP contribution in [0.5, 0.6) is 0 Å². The highest BCUT2D eigenvalue weighted by Gasteiger charge is 2.21. The molecule has 0 bridgehead atoms. The Bertz CT molecular complexity index is 1540. The van der Waals surface area contributed by atoms with Crippen LogP contribution in [0.2, 0.25) is 0 Å². The zero-order valence-corrected chi connectivity index (χ0v) is 21.8. The summed E-state index contributed by atoms with van der Waals surface area (Å²) in [5.74, 6) is -2.63. The van der Waals surface area contributed by atoms with Crippen LogP contribution < -0.4 is 9.80 Å². The van der Waals surface area contributed by atoms with Crippen molar-refractivity contribution in [1.82, 2.24) is 0 Å². The molecule has 7 heteroatoms. The fourth-order valence-corrected chi connectivity index (χ4v) is 3.94. The summed E-state index contributed by atoms with van der Waals surface area (Å²) in [6, 6.07) is 24.0. The third-order valence-corrected chi connectivity index (χ3v) is 6.02. The fourth-order valence-electron chi connectivity index (χ4n) is 3.94. The summed E-state index contributed by atoms with van der Waals surface area (Å²) in [4.78, 5) is 28.2. The third-order valence-electron chi connectivity index (χ3n) is 6.02. The molecule has 0 aliphatic carbocycles. The van der Waals surface area contributed by atoms with Crippen LogP contribution in [0.15, 0.2) is 97.1 Å². The van der Waals surface area contributed by atoms with Gasteiger partial charge in [-0.15, -0.1) is 0 Å². The van der Waals surface area contributed by atoms with E-state index in [0.29, 0.717) is 5.56 Å². The average molecular weight is 528 g/mol. The van der Waals surface area contributed by atoms with E-state index in [1.807, 2.05) is 43.3 Å². The monoisotopic (exact) mass is 527 g/mol. The molecule has 4 aromatic carbocycles. The van der Waals surface area contributed by atoms with Crippen LogP contribution in [0.4, 0.5) is 20.2 Å². The zero-order chi connectivity index (χ0) is 28.8. The van der Waals surface area contributed by atoms with Gasteiger partial charge < -0.3 is 14.5 Å². The van der Waals surface area contributed by atoms with Crippen molar-refractivity contribution in [1.29, 1.82) is 0 Å². The Morgan fingerprint density at radius 3 is 2.21 bits per heavy atom. The number of hydrogen-bond donors (Lipinski definition) is 0. The Morgan fingerprint density at radius 2 is 1.56 bits per heavy atom. The van der Waals surface area contributed by atoms with Gasteiger partial charge >= 0.3 is 5.97 Å². The van der Waals surface area contributed by atoms with E-state index < -0.39 is 30.0 Å². The molecule has 1 atom stereocenters. The summed E-state index contributed by atoms with van der Waals surface area (Å²) in [5.41, 5.74) is 2.87. The van der Waals surface area contributed by atoms with Gasteiger partial charge in [-0.2, -0.15) is 0 Å². The van der Waals surface area contributed by atoms with Crippen LogP contribution in [0.3, 0.4) is 0 Å². The van der Waals surface area contributed by atoms with Crippen molar-refractivity contribution >= 4 is 29.3 Å². The minimum absolute atomic E-state index is 0.0288. The molecule has 1 amide bonds. The molecule has 0 saturated heterocycles. The smallest absolute Gasteiger partial charge is 0.330 e. The summed E-state index contributed by atoms with van der Waals surface area (Å²) >= 11 is 0. The van der Waals surface area contributed by atoms with E-state index in [9.17, 15) is 14.0 Å². The SMILES string of the molecule is [2H]C(c1ccc(-c2ccc(N(C)C)cc2)cc1F)N(C(=O)c1ccccc1)c1cc(F)cc(/C=C/C(=O)OC)c1. The summed E-state index contributed by atoms with van der Waals surface area (Å²) in [6.07, 6.45) is 2.45. The Kier molecular flexibility index (Phi) is 8.07. The number of carbonyl (C=O) groups excluding carboxylic acids is 2. The van der Waals surface area contributed by atoms with Crippen molar-refractivity contribution in [2.24, 2.45) is 0 Å². The molecule has 4 aromatic rings. The maximum atomic E-state index is 15.5. The Labute approximate surface area is 228 Å². The number of halogens is 2. The van der Waals surface area contributed by atoms with Crippen LogP contribution in [-0.4, -0.2) is 33.1 Å². The van der Waals surface area contributed by atoms with Crippen molar-refractivity contribution in [2.45, 2.75) is 6.52 Å². The molecule has 0 spiro atoms. The van der Waals surface area contributed by atoms with Gasteiger partial charge in [0.1, 0.15) is 11.6 Å². The van der Waals surface area contributed by atoms with E-state index in [-0.39, 0.29) is 22.4 Å². The van der Waals surface area contributed by atoms with Gasteiger partial charge in [0.25, 0.3) is 5.91 Å². The first-order valence-electron chi connectivity index (χ1n) is 12.7. The highest BCUT2D eigenvalue weighted by molar-refractivity contribution is 6.06. The standard InChI is InChI=1S/C32H28F2N2O3/c1-35(2)28-14-12-23(13-15-28)25-10-11-26(30(34)19-25)21-36(32(38)24-7-5-4-6-8-24)29-18-22(17-27(33)20-29)9-16-31(37)39-3/h4-20H,21H2,1-3H3/b16-9+/i21D. The molecule has 39 heavy (non-hydrogen) atoms. The summed E-state index contributed by atoms with van der Waals surface area (Å²) < 4.78 is 43.8. The topological polar surface area (TPSA) is 49.9 Å². The lowest BCUT2D eigenvalue weighted by Gasteiger charge is -2.24. The second kappa shape index (κ2) is 12.2. The van der Waals surface area contributed by atoms with E-state index in [2.05, 4.69) is 4.74 Å². The number of esters is 1. The number of methoxy groups -OCH3 is 1. The molecule has 1 unspecified atom stereocenters. The highest BCUT2D eigenvalue weighted by Crippen LogP contribution is 2.28. The molecular weight excluding hydrogens is 498 g/mol. The number of benzene rings is 4. The number of hydrogen-bond acceptors (Lipinski definition) is 4. The average Bonchev–Trinajstić information content (AvgIpc) is 2.96. The number of ether oxygens (including phenoxy) is 1. The molecule has 0 saturated carbocycles. The minimum Gasteiger partial charge on any atom is -0.466 e. The van der Waals surface area contributed by atoms with Gasteiger partial charge in [-0.1, -0.05) is 42.5 Å². The van der Waals surface area contributed by atoms with E-state index in [1.54, 1.807) is 36.4 Å². The largest absolute Gasteiger partial charge is 0.466 e. The second-order valence-electron chi connectivity index (χ2n) is 8.95. The molecule has 0 radical (unpaired) electrons. The molecule has 0 N–H and O–H groups in total. The van der Waals surface area contributed by atoms with Gasteiger partial charge in [-0.05, 0) is 71.3 Å². The summed E-state index contributed by atoms with van der Waals surface area (Å²) in [7, 11) is 5.07. The maximum absolute atomic E-state index is 15.5. The third kappa shape index (κ3) is 6.76. The predicted octanol–water partition coefficient (Wildman–Crippen LogP) is 6.73. The van der Waals surface area contributed by atoms with Crippen LogP contribution in [-0.2, 0) is 16.1 Å². The molecule has 5 nitrogen and oxygen atoms in total. The lowest BCUT2D eigenvalue weighted by molar-refractivity contribution is -0.134. The number of carbonyl (C=O) groups is 2. The Hall–Kier alpha value is -4.78. The first kappa shape index (κ1) is 25.9. The second-order valence-corrected chi connectivity index (χ2v) is 8.95. The van der Waals surface area contributed by atoms with Crippen molar-refractivity contribution in [3.8, 4) is 11.1 Å². The number of rotatable bonds is 8. The van der Waals surface area contributed by atoms with Gasteiger partial charge in [0.2, 0.25) is 0 Å². The van der Waals surface area contributed by atoms with E-state index in [4.69, 9.17) is 1.37 Å². The number of nitrogens with zero attached hydrogens (tertiary/aromatic N) is 2. The quantitative estimate of drug-likeness (QED) is 0.188. The molecule has 0 heterocycles. The number of anilines is 2. The van der Waals surface area contributed by atoms with Gasteiger partial charge in [-0.3, -0.25) is 4.79 Å². The lowest BCUT2D eigenvalue weighted by Crippen LogP contribution is -2.31. The summed E-state index contributed by atoms with van der Waals surface area (Å²) in [6.45, 7) is -1.54. The van der Waals surface area contributed by atoms with E-state index >= 15 is 4.39 Å². The molecule has 0 fully saturated rings. The normalized spacial score (nSPS) is 12.1. The Balaban J connectivity index is 1.75. The maximum Gasteiger partial charge on any atom is 0.330 e. The van der Waals surface area contributed by atoms with Gasteiger partial charge in [0, 0.05) is 42.7 Å².